The molecule has 0 aromatic carbocycles. The smallest absolute Gasteiger partial charge is 0.192 e. The van der Waals surface area contributed by atoms with Gasteiger partial charge in [-0.05, 0) is 37.9 Å². The van der Waals surface area contributed by atoms with Crippen molar-refractivity contribution in [2.45, 2.75) is 90.6 Å². The summed E-state index contributed by atoms with van der Waals surface area (Å²) in [6.07, 6.45) is 4.05. The van der Waals surface area contributed by atoms with Crippen LogP contribution in [0.2, 0.25) is 18.1 Å². The molecule has 0 bridgehead atoms. The molecule has 1 N–H and O–H groups in total. The van der Waals surface area contributed by atoms with Gasteiger partial charge in [0.1, 0.15) is 0 Å². The van der Waals surface area contributed by atoms with Crippen molar-refractivity contribution in [3.63, 3.8) is 0 Å². The van der Waals surface area contributed by atoms with Crippen LogP contribution in [0, 0.1) is 11.3 Å². The Kier molecular flexibility index (Phi) is 8.46. The monoisotopic (exact) mass is 311 g/mol. The van der Waals surface area contributed by atoms with E-state index in [1.54, 1.807) is 0 Å². The molecule has 0 aliphatic rings. The van der Waals surface area contributed by atoms with E-state index in [0.29, 0.717) is 12.8 Å². The molecule has 21 heavy (non-hydrogen) atoms. The first-order valence-corrected chi connectivity index (χ1v) is 10.9. The average molecular weight is 312 g/mol. The molecule has 122 valence electrons. The highest BCUT2D eigenvalue weighted by molar-refractivity contribution is 6.74. The number of aliphatic hydroxyl groups excluding tert-OH is 1. The lowest BCUT2D eigenvalue weighted by molar-refractivity contribution is 0.0516. The second-order valence-corrected chi connectivity index (χ2v) is 12.1. The SMILES string of the molecule is CCC/C(C)=C/[C@@H](O)[C@H](CCC#N)O[Si](C)(C)C(C)(C)C. The summed E-state index contributed by atoms with van der Waals surface area (Å²) in [6.45, 7) is 15.1. The first-order valence-electron chi connectivity index (χ1n) is 7.95. The fraction of sp³-hybridized carbons (Fsp3) is 0.824. The van der Waals surface area contributed by atoms with Crippen LogP contribution >= 0.6 is 0 Å². The van der Waals surface area contributed by atoms with Crippen molar-refractivity contribution in [3.8, 4) is 6.07 Å². The average Bonchev–Trinajstić information content (AvgIpc) is 2.32. The van der Waals surface area contributed by atoms with Gasteiger partial charge in [-0.25, -0.2) is 0 Å². The highest BCUT2D eigenvalue weighted by Gasteiger charge is 2.40. The Morgan fingerprint density at radius 2 is 1.95 bits per heavy atom. The lowest BCUT2D eigenvalue weighted by Crippen LogP contribution is -2.46. The zero-order valence-corrected chi connectivity index (χ0v) is 15.9. The number of allylic oxidation sites excluding steroid dienone is 1. The van der Waals surface area contributed by atoms with Crippen LogP contribution in [0.5, 0.6) is 0 Å². The zero-order valence-electron chi connectivity index (χ0n) is 14.9. The van der Waals surface area contributed by atoms with Crippen molar-refractivity contribution in [2.24, 2.45) is 0 Å². The summed E-state index contributed by atoms with van der Waals surface area (Å²) in [6, 6.07) is 2.16. The van der Waals surface area contributed by atoms with Crippen molar-refractivity contribution in [3.05, 3.63) is 11.6 Å². The predicted molar refractivity (Wildman–Crippen MR) is 91.6 cm³/mol. The minimum absolute atomic E-state index is 0.0970. The fourth-order valence-electron chi connectivity index (χ4n) is 1.94. The van der Waals surface area contributed by atoms with Gasteiger partial charge in [-0.2, -0.15) is 5.26 Å². The van der Waals surface area contributed by atoms with E-state index in [4.69, 9.17) is 9.69 Å². The maximum atomic E-state index is 10.5. The molecule has 0 aromatic rings. The number of rotatable bonds is 8. The second kappa shape index (κ2) is 8.72. The highest BCUT2D eigenvalue weighted by atomic mass is 28.4. The van der Waals surface area contributed by atoms with Crippen LogP contribution < -0.4 is 0 Å². The van der Waals surface area contributed by atoms with Crippen LogP contribution in [0.15, 0.2) is 11.6 Å². The molecule has 0 spiro atoms. The van der Waals surface area contributed by atoms with E-state index in [-0.39, 0.29) is 11.1 Å². The standard InChI is InChI=1S/C17H33NO2Si/c1-8-10-14(2)13-15(19)16(11-9-12-18)20-21(6,7)17(3,4)5/h13,15-16,19H,8-11H2,1-7H3/b14-13+/t15-,16+/m1/s1. The number of nitrogens with zero attached hydrogens (tertiary/aromatic N) is 1. The van der Waals surface area contributed by atoms with Gasteiger partial charge in [0.2, 0.25) is 0 Å². The van der Waals surface area contributed by atoms with E-state index in [1.165, 1.54) is 5.57 Å². The first kappa shape index (κ1) is 20.4. The number of aliphatic hydroxyl groups is 1. The molecular weight excluding hydrogens is 278 g/mol. The van der Waals surface area contributed by atoms with Crippen LogP contribution in [-0.2, 0) is 4.43 Å². The Balaban J connectivity index is 5.04. The van der Waals surface area contributed by atoms with Crippen molar-refractivity contribution < 1.29 is 9.53 Å². The Hall–Kier alpha value is -0.633. The highest BCUT2D eigenvalue weighted by Crippen LogP contribution is 2.38. The lowest BCUT2D eigenvalue weighted by atomic mass is 10.0. The third-order valence-electron chi connectivity index (χ3n) is 4.27. The third kappa shape index (κ3) is 7.26. The van der Waals surface area contributed by atoms with E-state index in [1.807, 2.05) is 13.0 Å². The van der Waals surface area contributed by atoms with Gasteiger partial charge in [-0.15, -0.1) is 0 Å². The molecule has 0 aromatic heterocycles. The second-order valence-electron chi connectivity index (χ2n) is 7.37. The third-order valence-corrected chi connectivity index (χ3v) is 8.78. The van der Waals surface area contributed by atoms with Gasteiger partial charge in [0.05, 0.1) is 18.3 Å². The maximum absolute atomic E-state index is 10.5. The summed E-state index contributed by atoms with van der Waals surface area (Å²) in [5.74, 6) is 0. The van der Waals surface area contributed by atoms with Crippen molar-refractivity contribution in [2.75, 3.05) is 0 Å². The molecule has 0 fully saturated rings. The first-order chi connectivity index (χ1) is 9.55. The Bertz CT molecular complexity index is 377. The van der Waals surface area contributed by atoms with Crippen LogP contribution in [0.4, 0.5) is 0 Å². The van der Waals surface area contributed by atoms with Gasteiger partial charge in [0.25, 0.3) is 0 Å². The Morgan fingerprint density at radius 3 is 2.38 bits per heavy atom. The molecule has 0 heterocycles. The van der Waals surface area contributed by atoms with Crippen molar-refractivity contribution >= 4 is 8.32 Å². The molecule has 0 saturated heterocycles. The molecular formula is C17H33NO2Si. The molecule has 0 saturated carbocycles. The molecule has 3 nitrogen and oxygen atoms in total. The Morgan fingerprint density at radius 1 is 1.38 bits per heavy atom. The van der Waals surface area contributed by atoms with E-state index in [9.17, 15) is 5.11 Å². The van der Waals surface area contributed by atoms with Crippen LogP contribution in [0.25, 0.3) is 0 Å². The van der Waals surface area contributed by atoms with Crippen molar-refractivity contribution in [1.82, 2.24) is 0 Å². The van der Waals surface area contributed by atoms with Gasteiger partial charge >= 0.3 is 0 Å². The molecule has 0 amide bonds. The molecule has 4 heteroatoms. The predicted octanol–water partition coefficient (Wildman–Crippen LogP) is 4.79. The van der Waals surface area contributed by atoms with Gasteiger partial charge in [0.15, 0.2) is 8.32 Å². The molecule has 2 atom stereocenters. The van der Waals surface area contributed by atoms with E-state index >= 15 is 0 Å². The summed E-state index contributed by atoms with van der Waals surface area (Å²) in [4.78, 5) is 0. The molecule has 0 unspecified atom stereocenters. The maximum Gasteiger partial charge on any atom is 0.192 e. The van der Waals surface area contributed by atoms with Crippen LogP contribution in [-0.4, -0.2) is 25.6 Å². The molecule has 0 radical (unpaired) electrons. The van der Waals surface area contributed by atoms with Crippen molar-refractivity contribution in [1.29, 1.82) is 5.26 Å². The van der Waals surface area contributed by atoms with E-state index in [0.717, 1.165) is 12.8 Å². The van der Waals surface area contributed by atoms with Crippen LogP contribution in [0.1, 0.15) is 60.3 Å². The lowest BCUT2D eigenvalue weighted by Gasteiger charge is -2.40. The van der Waals surface area contributed by atoms with Gasteiger partial charge < -0.3 is 9.53 Å². The summed E-state index contributed by atoms with van der Waals surface area (Å²) in [5.41, 5.74) is 1.19. The summed E-state index contributed by atoms with van der Waals surface area (Å²) in [5, 5.41) is 19.4. The summed E-state index contributed by atoms with van der Waals surface area (Å²) < 4.78 is 6.34. The topological polar surface area (TPSA) is 53.2 Å². The normalized spacial score (nSPS) is 16.4. The fourth-order valence-corrected chi connectivity index (χ4v) is 3.31. The summed E-state index contributed by atoms with van der Waals surface area (Å²) in [7, 11) is -1.95. The quantitative estimate of drug-likeness (QED) is 0.518. The molecule has 0 aliphatic heterocycles. The number of hydrogen-bond donors (Lipinski definition) is 1. The van der Waals surface area contributed by atoms with Crippen LogP contribution in [0.3, 0.4) is 0 Å². The molecule has 0 aliphatic carbocycles. The summed E-state index contributed by atoms with van der Waals surface area (Å²) >= 11 is 0. The Labute approximate surface area is 132 Å². The van der Waals surface area contributed by atoms with E-state index < -0.39 is 14.4 Å². The zero-order chi connectivity index (χ0) is 16.7. The van der Waals surface area contributed by atoms with E-state index in [2.05, 4.69) is 46.9 Å². The molecule has 0 rings (SSSR count). The van der Waals surface area contributed by atoms with Gasteiger partial charge in [-0.3, -0.25) is 0 Å². The minimum atomic E-state index is -1.95. The number of nitriles is 1. The van der Waals surface area contributed by atoms with Gasteiger partial charge in [0, 0.05) is 6.42 Å². The minimum Gasteiger partial charge on any atom is -0.411 e. The van der Waals surface area contributed by atoms with Gasteiger partial charge in [-0.1, -0.05) is 45.8 Å². The number of hydrogen-bond acceptors (Lipinski definition) is 3. The largest absolute Gasteiger partial charge is 0.411 e.